The van der Waals surface area contributed by atoms with Crippen LogP contribution in [-0.2, 0) is 15.4 Å². The molecule has 7 nitrogen and oxygen atoms in total. The van der Waals surface area contributed by atoms with Crippen molar-refractivity contribution in [3.8, 4) is 11.8 Å². The van der Waals surface area contributed by atoms with Crippen molar-refractivity contribution in [3.05, 3.63) is 100 Å². The summed E-state index contributed by atoms with van der Waals surface area (Å²) in [4.78, 5) is 17.9. The third-order valence-electron chi connectivity index (χ3n) is 6.24. The molecule has 5 aromatic rings. The summed E-state index contributed by atoms with van der Waals surface area (Å²) in [7, 11) is -4.46. The smallest absolute Gasteiger partial charge is 0.259 e. The highest BCUT2D eigenvalue weighted by Crippen LogP contribution is 2.30. The molecule has 0 aliphatic rings. The molecule has 2 heterocycles. The lowest BCUT2D eigenvalue weighted by Gasteiger charge is -2.16. The van der Waals surface area contributed by atoms with Crippen LogP contribution in [-0.4, -0.2) is 21.9 Å². The molecule has 0 radical (unpaired) electrons. The summed E-state index contributed by atoms with van der Waals surface area (Å²) in [5, 5.41) is 10.1. The molecule has 0 N–H and O–H groups in total. The van der Waals surface area contributed by atoms with E-state index in [0.717, 1.165) is 23.3 Å². The van der Waals surface area contributed by atoms with Gasteiger partial charge >= 0.3 is 5.69 Å². The topological polar surface area (TPSA) is 97.8 Å². The van der Waals surface area contributed by atoms with Crippen molar-refractivity contribution in [2.75, 3.05) is 0 Å². The van der Waals surface area contributed by atoms with E-state index in [9.17, 15) is 22.9 Å². The summed E-state index contributed by atoms with van der Waals surface area (Å²) in [6, 6.07) is 19.1. The van der Waals surface area contributed by atoms with Crippen LogP contribution in [0.2, 0.25) is 0 Å². The molecule has 0 fully saturated rings. The number of rotatable bonds is 4. The van der Waals surface area contributed by atoms with E-state index in [-0.39, 0.29) is 10.4 Å². The van der Waals surface area contributed by atoms with Gasteiger partial charge in [-0.05, 0) is 68.8 Å². The number of benzene rings is 3. The summed E-state index contributed by atoms with van der Waals surface area (Å²) >= 11 is 0. The molecule has 2 aromatic heterocycles. The predicted molar refractivity (Wildman–Crippen MR) is 135 cm³/mol. The van der Waals surface area contributed by atoms with Crippen molar-refractivity contribution in [2.45, 2.75) is 31.1 Å². The van der Waals surface area contributed by atoms with Gasteiger partial charge in [-0.1, -0.05) is 29.8 Å². The van der Waals surface area contributed by atoms with Crippen LogP contribution in [0.4, 0.5) is 4.39 Å². The molecular weight excluding hydrogens is 479 g/mol. The summed E-state index contributed by atoms with van der Waals surface area (Å²) in [6.07, 6.45) is 1.34. The van der Waals surface area contributed by atoms with E-state index in [4.69, 9.17) is 0 Å². The highest BCUT2D eigenvalue weighted by atomic mass is 32.2. The standard InChI is InChI=1S/C27H21FN4O3S/c1-17-7-12-23-22(13-17)25-24(15-30-23)32(36(34,35)21-6-4-5-19(28)14-21)26(33)31(25)20-10-8-18(9-11-20)27(2,3)16-29/h4-15H,1-3H3. The van der Waals surface area contributed by atoms with E-state index in [1.807, 2.05) is 19.1 Å². The van der Waals surface area contributed by atoms with Crippen LogP contribution >= 0.6 is 0 Å². The fourth-order valence-corrected chi connectivity index (χ4v) is 5.65. The van der Waals surface area contributed by atoms with Gasteiger partial charge in [0.25, 0.3) is 10.0 Å². The number of aryl methyl sites for hydroxylation is 1. The maximum atomic E-state index is 13.9. The second kappa shape index (κ2) is 8.14. The third-order valence-corrected chi connectivity index (χ3v) is 7.93. The van der Waals surface area contributed by atoms with E-state index in [2.05, 4.69) is 11.1 Å². The van der Waals surface area contributed by atoms with E-state index >= 15 is 0 Å². The lowest BCUT2D eigenvalue weighted by atomic mass is 9.86. The average Bonchev–Trinajstić information content (AvgIpc) is 3.17. The Morgan fingerprint density at radius 1 is 1.03 bits per heavy atom. The molecule has 0 spiro atoms. The van der Waals surface area contributed by atoms with E-state index in [1.165, 1.54) is 22.9 Å². The molecule has 0 saturated heterocycles. The van der Waals surface area contributed by atoms with Crippen molar-refractivity contribution >= 4 is 32.0 Å². The zero-order chi connectivity index (χ0) is 25.8. The lowest BCUT2D eigenvalue weighted by molar-refractivity contribution is 0.582. The van der Waals surface area contributed by atoms with Gasteiger partial charge in [-0.25, -0.2) is 17.6 Å². The van der Waals surface area contributed by atoms with Crippen molar-refractivity contribution in [1.29, 1.82) is 5.26 Å². The van der Waals surface area contributed by atoms with Crippen LogP contribution in [0.25, 0.3) is 27.6 Å². The normalized spacial score (nSPS) is 12.2. The number of pyridine rings is 1. The number of nitrogens with zero attached hydrogens (tertiary/aromatic N) is 4. The molecule has 0 aliphatic heterocycles. The van der Waals surface area contributed by atoms with Crippen molar-refractivity contribution < 1.29 is 12.8 Å². The molecule has 0 atom stereocenters. The number of hydrogen-bond acceptors (Lipinski definition) is 5. The first-order chi connectivity index (χ1) is 17.0. The number of hydrogen-bond donors (Lipinski definition) is 0. The summed E-state index contributed by atoms with van der Waals surface area (Å²) < 4.78 is 43.1. The second-order valence-corrected chi connectivity index (χ2v) is 10.9. The molecule has 0 bridgehead atoms. The van der Waals surface area contributed by atoms with Crippen molar-refractivity contribution in [1.82, 2.24) is 13.5 Å². The number of imidazole rings is 1. The summed E-state index contributed by atoms with van der Waals surface area (Å²) in [6.45, 7) is 5.46. The number of fused-ring (bicyclic) bond motifs is 3. The Hall–Kier alpha value is -4.29. The monoisotopic (exact) mass is 500 g/mol. The predicted octanol–water partition coefficient (Wildman–Crippen LogP) is 4.83. The zero-order valence-corrected chi connectivity index (χ0v) is 20.5. The van der Waals surface area contributed by atoms with Gasteiger partial charge in [-0.2, -0.15) is 9.23 Å². The van der Waals surface area contributed by atoms with Gasteiger partial charge in [0.1, 0.15) is 11.3 Å². The Balaban J connectivity index is 1.89. The molecule has 3 aromatic carbocycles. The molecule has 36 heavy (non-hydrogen) atoms. The van der Waals surface area contributed by atoms with Crippen molar-refractivity contribution in [3.63, 3.8) is 0 Å². The van der Waals surface area contributed by atoms with E-state index in [0.29, 0.717) is 26.1 Å². The van der Waals surface area contributed by atoms with Crippen LogP contribution in [0, 0.1) is 24.1 Å². The highest BCUT2D eigenvalue weighted by Gasteiger charge is 2.28. The largest absolute Gasteiger partial charge is 0.348 e. The Labute approximate surface area is 206 Å². The Morgan fingerprint density at radius 3 is 2.42 bits per heavy atom. The number of aromatic nitrogens is 3. The summed E-state index contributed by atoms with van der Waals surface area (Å²) in [5.41, 5.74) is 1.52. The number of halogens is 1. The molecule has 5 rings (SSSR count). The molecule has 0 aliphatic carbocycles. The Morgan fingerprint density at radius 2 is 1.75 bits per heavy atom. The van der Waals surface area contributed by atoms with Gasteiger partial charge in [-0.15, -0.1) is 0 Å². The fraction of sp³-hybridized carbons (Fsp3) is 0.148. The van der Waals surface area contributed by atoms with Crippen LogP contribution in [0.5, 0.6) is 0 Å². The molecule has 0 unspecified atom stereocenters. The van der Waals surface area contributed by atoms with Gasteiger partial charge in [0.2, 0.25) is 0 Å². The van der Waals surface area contributed by atoms with Gasteiger partial charge < -0.3 is 0 Å². The second-order valence-electron chi connectivity index (χ2n) is 9.14. The minimum absolute atomic E-state index is 0.0730. The fourth-order valence-electron chi connectivity index (χ4n) is 4.25. The molecule has 9 heteroatoms. The first kappa shape index (κ1) is 23.5. The quantitative estimate of drug-likeness (QED) is 0.352. The average molecular weight is 501 g/mol. The van der Waals surface area contributed by atoms with Crippen LogP contribution in [0.3, 0.4) is 0 Å². The molecular formula is C27H21FN4O3S. The van der Waals surface area contributed by atoms with Crippen LogP contribution in [0.1, 0.15) is 25.0 Å². The maximum Gasteiger partial charge on any atom is 0.348 e. The van der Waals surface area contributed by atoms with Crippen LogP contribution < -0.4 is 5.69 Å². The Kier molecular flexibility index (Phi) is 5.30. The first-order valence-corrected chi connectivity index (χ1v) is 12.5. The first-order valence-electron chi connectivity index (χ1n) is 11.1. The molecule has 0 saturated carbocycles. The Bertz CT molecular complexity index is 1880. The van der Waals surface area contributed by atoms with E-state index in [1.54, 1.807) is 44.2 Å². The van der Waals surface area contributed by atoms with Gasteiger partial charge in [-0.3, -0.25) is 9.55 Å². The minimum Gasteiger partial charge on any atom is -0.259 e. The SMILES string of the molecule is Cc1ccc2ncc3c(c2c1)n(-c1ccc(C(C)(C)C#N)cc1)c(=O)n3S(=O)(=O)c1cccc(F)c1. The van der Waals surface area contributed by atoms with Gasteiger partial charge in [0.05, 0.1) is 39.3 Å². The highest BCUT2D eigenvalue weighted by molar-refractivity contribution is 7.90. The molecule has 180 valence electrons. The van der Waals surface area contributed by atoms with Gasteiger partial charge in [0, 0.05) is 5.39 Å². The lowest BCUT2D eigenvalue weighted by Crippen LogP contribution is -2.29. The molecule has 0 amide bonds. The summed E-state index contributed by atoms with van der Waals surface area (Å²) in [5.74, 6) is -0.734. The van der Waals surface area contributed by atoms with Crippen molar-refractivity contribution in [2.24, 2.45) is 0 Å². The number of nitriles is 1. The zero-order valence-electron chi connectivity index (χ0n) is 19.7. The van der Waals surface area contributed by atoms with Crippen LogP contribution in [0.15, 0.2) is 82.6 Å². The third kappa shape index (κ3) is 3.58. The maximum absolute atomic E-state index is 13.9. The van der Waals surface area contributed by atoms with Gasteiger partial charge in [0.15, 0.2) is 0 Å². The minimum atomic E-state index is -4.46. The van der Waals surface area contributed by atoms with E-state index < -0.39 is 26.9 Å².